The number of alkyl halides is 3. The number of hydrogen-bond acceptors (Lipinski definition) is 4. The first-order valence-electron chi connectivity index (χ1n) is 9.18. The smallest absolute Gasteiger partial charge is 0.368 e. The van der Waals surface area contributed by atoms with Crippen LogP contribution in [0.3, 0.4) is 0 Å². The van der Waals surface area contributed by atoms with Gasteiger partial charge in [0.05, 0.1) is 12.1 Å². The van der Waals surface area contributed by atoms with Crippen molar-refractivity contribution in [3.63, 3.8) is 0 Å². The highest BCUT2D eigenvalue weighted by Gasteiger charge is 2.35. The first kappa shape index (κ1) is 19.2. The van der Waals surface area contributed by atoms with Crippen molar-refractivity contribution in [1.82, 2.24) is 9.96 Å². The maximum atomic E-state index is 12.8. The molecule has 1 aromatic carbocycles. The summed E-state index contributed by atoms with van der Waals surface area (Å²) in [6.07, 6.45) is 1.20. The van der Waals surface area contributed by atoms with E-state index in [9.17, 15) is 18.0 Å². The molecule has 4 nitrogen and oxygen atoms in total. The number of rotatable bonds is 5. The van der Waals surface area contributed by atoms with Crippen molar-refractivity contribution in [3.8, 4) is 0 Å². The summed E-state index contributed by atoms with van der Waals surface area (Å²) in [6.45, 7) is 3.36. The zero-order valence-electron chi connectivity index (χ0n) is 15.0. The third-order valence-corrected chi connectivity index (χ3v) is 5.29. The van der Waals surface area contributed by atoms with Crippen molar-refractivity contribution in [1.29, 1.82) is 0 Å². The molecule has 7 heteroatoms. The highest BCUT2D eigenvalue weighted by molar-refractivity contribution is 5.65. The van der Waals surface area contributed by atoms with Crippen LogP contribution in [-0.4, -0.2) is 41.1 Å². The van der Waals surface area contributed by atoms with Gasteiger partial charge in [-0.15, -0.1) is 5.06 Å². The second kappa shape index (κ2) is 7.96. The molecule has 1 saturated heterocycles. The third kappa shape index (κ3) is 4.76. The summed E-state index contributed by atoms with van der Waals surface area (Å²) < 4.78 is 38.3. The van der Waals surface area contributed by atoms with Crippen LogP contribution in [0.4, 0.5) is 13.2 Å². The minimum atomic E-state index is -4.31. The molecule has 0 amide bonds. The number of nitrogens with zero attached hydrogens (tertiary/aromatic N) is 2. The van der Waals surface area contributed by atoms with Crippen LogP contribution >= 0.6 is 0 Å². The van der Waals surface area contributed by atoms with Crippen molar-refractivity contribution in [2.45, 2.75) is 63.8 Å². The van der Waals surface area contributed by atoms with Crippen molar-refractivity contribution in [2.24, 2.45) is 0 Å². The van der Waals surface area contributed by atoms with Gasteiger partial charge in [-0.1, -0.05) is 25.0 Å². The lowest BCUT2D eigenvalue weighted by Crippen LogP contribution is -2.43. The Morgan fingerprint density at radius 3 is 2.38 bits per heavy atom. The standard InChI is InChI=1S/C19H25F3N2O2/c1-14(25)26-23-11-10-18(13-23)24(17-4-2-3-5-17)12-15-6-8-16(9-7-15)19(20,21)22/h6-9,17-18H,2-5,10-13H2,1H3/t18-/m0/s1. The lowest BCUT2D eigenvalue weighted by atomic mass is 10.1. The molecule has 0 N–H and O–H groups in total. The summed E-state index contributed by atoms with van der Waals surface area (Å²) in [4.78, 5) is 18.8. The topological polar surface area (TPSA) is 32.8 Å². The molecular formula is C19H25F3N2O2. The van der Waals surface area contributed by atoms with Crippen molar-refractivity contribution >= 4 is 5.97 Å². The lowest BCUT2D eigenvalue weighted by Gasteiger charge is -2.34. The van der Waals surface area contributed by atoms with E-state index < -0.39 is 11.7 Å². The van der Waals surface area contributed by atoms with Crippen LogP contribution in [0.5, 0.6) is 0 Å². The highest BCUT2D eigenvalue weighted by Crippen LogP contribution is 2.32. The fourth-order valence-electron chi connectivity index (χ4n) is 4.05. The molecule has 1 aromatic rings. The SMILES string of the molecule is CC(=O)ON1CC[C@H](N(Cc2ccc(C(F)(F)F)cc2)C2CCCC2)C1. The molecule has 0 bridgehead atoms. The van der Waals surface area contributed by atoms with E-state index >= 15 is 0 Å². The lowest BCUT2D eigenvalue weighted by molar-refractivity contribution is -0.183. The molecule has 0 unspecified atom stereocenters. The van der Waals surface area contributed by atoms with Crippen LogP contribution in [0, 0.1) is 0 Å². The molecule has 0 aromatic heterocycles. The van der Waals surface area contributed by atoms with Gasteiger partial charge in [-0.05, 0) is 37.0 Å². The zero-order chi connectivity index (χ0) is 18.7. The third-order valence-electron chi connectivity index (χ3n) is 5.29. The first-order valence-corrected chi connectivity index (χ1v) is 9.18. The van der Waals surface area contributed by atoms with Gasteiger partial charge in [0.1, 0.15) is 0 Å². The monoisotopic (exact) mass is 370 g/mol. The van der Waals surface area contributed by atoms with E-state index in [2.05, 4.69) is 4.90 Å². The molecule has 3 rings (SSSR count). The molecular weight excluding hydrogens is 345 g/mol. The van der Waals surface area contributed by atoms with Crippen LogP contribution in [0.1, 0.15) is 50.2 Å². The largest absolute Gasteiger partial charge is 0.416 e. The number of carbonyl (C=O) groups excluding carboxylic acids is 1. The average molecular weight is 370 g/mol. The van der Waals surface area contributed by atoms with Gasteiger partial charge in [-0.25, -0.2) is 0 Å². The predicted molar refractivity (Wildman–Crippen MR) is 91.0 cm³/mol. The predicted octanol–water partition coefficient (Wildman–Crippen LogP) is 4.00. The van der Waals surface area contributed by atoms with Gasteiger partial charge >= 0.3 is 12.1 Å². The molecule has 26 heavy (non-hydrogen) atoms. The first-order chi connectivity index (χ1) is 12.3. The minimum Gasteiger partial charge on any atom is -0.368 e. The Morgan fingerprint density at radius 1 is 1.15 bits per heavy atom. The van der Waals surface area contributed by atoms with Gasteiger partial charge in [-0.3, -0.25) is 9.69 Å². The van der Waals surface area contributed by atoms with Crippen LogP contribution in [-0.2, 0) is 22.4 Å². The second-order valence-corrected chi connectivity index (χ2v) is 7.22. The van der Waals surface area contributed by atoms with Crippen molar-refractivity contribution in [2.75, 3.05) is 13.1 Å². The molecule has 0 spiro atoms. The summed E-state index contributed by atoms with van der Waals surface area (Å²) >= 11 is 0. The zero-order valence-corrected chi connectivity index (χ0v) is 15.0. The van der Waals surface area contributed by atoms with E-state index in [4.69, 9.17) is 4.84 Å². The van der Waals surface area contributed by atoms with E-state index in [0.29, 0.717) is 25.7 Å². The van der Waals surface area contributed by atoms with Crippen LogP contribution in [0.2, 0.25) is 0 Å². The maximum Gasteiger partial charge on any atom is 0.416 e. The molecule has 1 aliphatic carbocycles. The molecule has 1 saturated carbocycles. The normalized spacial score (nSPS) is 22.3. The van der Waals surface area contributed by atoms with E-state index in [-0.39, 0.29) is 12.0 Å². The van der Waals surface area contributed by atoms with Crippen molar-refractivity contribution in [3.05, 3.63) is 35.4 Å². The Labute approximate surface area is 151 Å². The molecule has 2 aliphatic rings. The van der Waals surface area contributed by atoms with Gasteiger partial charge in [0, 0.05) is 32.1 Å². The minimum absolute atomic E-state index is 0.250. The number of hydrogen-bond donors (Lipinski definition) is 0. The Bertz CT molecular complexity index is 612. The number of benzene rings is 1. The van der Waals surface area contributed by atoms with Crippen LogP contribution < -0.4 is 0 Å². The van der Waals surface area contributed by atoms with E-state index in [1.54, 1.807) is 17.2 Å². The number of halogens is 3. The molecule has 1 aliphatic heterocycles. The fourth-order valence-corrected chi connectivity index (χ4v) is 4.05. The summed E-state index contributed by atoms with van der Waals surface area (Å²) in [6, 6.07) is 6.15. The van der Waals surface area contributed by atoms with Gasteiger partial charge in [0.2, 0.25) is 0 Å². The van der Waals surface area contributed by atoms with Gasteiger partial charge in [0.25, 0.3) is 0 Å². The van der Waals surface area contributed by atoms with Gasteiger partial charge in [-0.2, -0.15) is 13.2 Å². The maximum absolute atomic E-state index is 12.8. The van der Waals surface area contributed by atoms with E-state index in [1.165, 1.54) is 19.8 Å². The van der Waals surface area contributed by atoms with Gasteiger partial charge in [0.15, 0.2) is 0 Å². The Hall–Kier alpha value is -1.60. The number of hydroxylamine groups is 2. The van der Waals surface area contributed by atoms with Crippen LogP contribution in [0.15, 0.2) is 24.3 Å². The quantitative estimate of drug-likeness (QED) is 0.784. The summed E-state index contributed by atoms with van der Waals surface area (Å²) in [5.41, 5.74) is 0.270. The van der Waals surface area contributed by atoms with Crippen LogP contribution in [0.25, 0.3) is 0 Å². The highest BCUT2D eigenvalue weighted by atomic mass is 19.4. The molecule has 2 fully saturated rings. The Kier molecular flexibility index (Phi) is 5.87. The second-order valence-electron chi connectivity index (χ2n) is 7.22. The molecule has 0 radical (unpaired) electrons. The van der Waals surface area contributed by atoms with Crippen molar-refractivity contribution < 1.29 is 22.8 Å². The molecule has 1 heterocycles. The van der Waals surface area contributed by atoms with E-state index in [0.717, 1.165) is 37.0 Å². The summed E-state index contributed by atoms with van der Waals surface area (Å²) in [5, 5.41) is 1.70. The average Bonchev–Trinajstić information content (AvgIpc) is 3.23. The number of carbonyl (C=O) groups is 1. The molecule has 144 valence electrons. The Morgan fingerprint density at radius 2 is 1.81 bits per heavy atom. The fraction of sp³-hybridized carbons (Fsp3) is 0.632. The Balaban J connectivity index is 1.70. The summed E-state index contributed by atoms with van der Waals surface area (Å²) in [5.74, 6) is -0.319. The summed E-state index contributed by atoms with van der Waals surface area (Å²) in [7, 11) is 0. The van der Waals surface area contributed by atoms with E-state index in [1.807, 2.05) is 0 Å². The molecule has 1 atom stereocenters. The van der Waals surface area contributed by atoms with Gasteiger partial charge < -0.3 is 4.84 Å².